The summed E-state index contributed by atoms with van der Waals surface area (Å²) < 4.78 is 54.5. The Morgan fingerprint density at radius 1 is 1.32 bits per heavy atom. The molecule has 1 unspecified atom stereocenters. The molecule has 7 heteroatoms. The molecule has 0 bridgehead atoms. The minimum absolute atomic E-state index is 0.0904. The van der Waals surface area contributed by atoms with Gasteiger partial charge in [0, 0.05) is 0 Å². The van der Waals surface area contributed by atoms with Crippen LogP contribution in [0, 0.1) is 5.82 Å². The van der Waals surface area contributed by atoms with Crippen molar-refractivity contribution >= 4 is 0 Å². The van der Waals surface area contributed by atoms with Gasteiger partial charge in [-0.05, 0) is 18.1 Å². The molecule has 0 amide bonds. The van der Waals surface area contributed by atoms with Crippen LogP contribution in [0.4, 0.5) is 17.6 Å². The van der Waals surface area contributed by atoms with Crippen LogP contribution in [0.3, 0.4) is 0 Å². The molecular weight excluding hydrogens is 266 g/mol. The number of hydrogen-bond acceptors (Lipinski definition) is 3. The summed E-state index contributed by atoms with van der Waals surface area (Å²) >= 11 is 0. The summed E-state index contributed by atoms with van der Waals surface area (Å²) in [7, 11) is 0. The minimum atomic E-state index is -4.48. The first kappa shape index (κ1) is 17.6. The number of nitrogens with two attached hydrogens (primary N) is 1. The first-order valence-corrected chi connectivity index (χ1v) is 5.25. The molecule has 0 aliphatic heterocycles. The lowest BCUT2D eigenvalue weighted by Gasteiger charge is -2.17. The Bertz CT molecular complexity index is 382. The van der Waals surface area contributed by atoms with E-state index in [-0.39, 0.29) is 13.0 Å². The number of hydrogen-bond donors (Lipinski definition) is 2. The second-order valence-electron chi connectivity index (χ2n) is 3.41. The van der Waals surface area contributed by atoms with Crippen LogP contribution in [0.25, 0.3) is 0 Å². The average Bonchev–Trinajstić information content (AvgIpc) is 2.37. The average molecular weight is 281 g/mol. The molecule has 0 saturated carbocycles. The van der Waals surface area contributed by atoms with E-state index >= 15 is 0 Å². The first-order valence-electron chi connectivity index (χ1n) is 5.25. The van der Waals surface area contributed by atoms with Crippen molar-refractivity contribution in [3.8, 4) is 0 Å². The number of ether oxygens (including phenoxy) is 1. The van der Waals surface area contributed by atoms with Gasteiger partial charge in [0.25, 0.3) is 0 Å². The quantitative estimate of drug-likeness (QED) is 0.495. The van der Waals surface area contributed by atoms with E-state index in [2.05, 4.69) is 17.2 Å². The SMILES string of the molecule is C=CC(OCCc1ccccc1F)C(F)(F)F.NO. The third-order valence-corrected chi connectivity index (χ3v) is 2.16. The van der Waals surface area contributed by atoms with Crippen molar-refractivity contribution in [2.45, 2.75) is 18.7 Å². The fourth-order valence-electron chi connectivity index (χ4n) is 1.29. The zero-order valence-corrected chi connectivity index (χ0v) is 10.0. The van der Waals surface area contributed by atoms with Crippen molar-refractivity contribution in [3.05, 3.63) is 48.3 Å². The highest BCUT2D eigenvalue weighted by molar-refractivity contribution is 5.17. The lowest BCUT2D eigenvalue weighted by molar-refractivity contribution is -0.203. The summed E-state index contributed by atoms with van der Waals surface area (Å²) in [5, 5.41) is 6.50. The van der Waals surface area contributed by atoms with Crippen LogP contribution in [0.15, 0.2) is 36.9 Å². The van der Waals surface area contributed by atoms with Gasteiger partial charge in [-0.2, -0.15) is 13.2 Å². The van der Waals surface area contributed by atoms with E-state index in [1.54, 1.807) is 6.07 Å². The standard InChI is InChI=1S/C12H12F4O.H3NO/c1-2-11(12(14,15)16)17-8-7-9-5-3-4-6-10(9)13;1-2/h2-6,11H,1,7-8H2;2H,1H2. The third-order valence-electron chi connectivity index (χ3n) is 2.16. The number of alkyl halides is 3. The molecule has 1 atom stereocenters. The van der Waals surface area contributed by atoms with Crippen molar-refractivity contribution in [1.82, 2.24) is 0 Å². The molecule has 3 N–H and O–H groups in total. The molecule has 0 radical (unpaired) electrons. The predicted molar refractivity (Wildman–Crippen MR) is 62.1 cm³/mol. The molecular formula is C12H15F4NO2. The molecule has 0 heterocycles. The maximum Gasteiger partial charge on any atom is 0.418 e. The Morgan fingerprint density at radius 2 is 1.89 bits per heavy atom. The van der Waals surface area contributed by atoms with Gasteiger partial charge >= 0.3 is 6.18 Å². The topological polar surface area (TPSA) is 55.5 Å². The van der Waals surface area contributed by atoms with Gasteiger partial charge in [-0.1, -0.05) is 24.3 Å². The van der Waals surface area contributed by atoms with Crippen LogP contribution in [0.2, 0.25) is 0 Å². The summed E-state index contributed by atoms with van der Waals surface area (Å²) in [4.78, 5) is 0. The van der Waals surface area contributed by atoms with Gasteiger partial charge in [0.2, 0.25) is 0 Å². The van der Waals surface area contributed by atoms with E-state index in [1.807, 2.05) is 0 Å². The zero-order chi connectivity index (χ0) is 14.9. The molecule has 19 heavy (non-hydrogen) atoms. The normalized spacial score (nSPS) is 12.3. The first-order chi connectivity index (χ1) is 8.95. The van der Waals surface area contributed by atoms with Gasteiger partial charge in [-0.3, -0.25) is 0 Å². The predicted octanol–water partition coefficient (Wildman–Crippen LogP) is 2.84. The van der Waals surface area contributed by atoms with E-state index in [1.165, 1.54) is 18.2 Å². The van der Waals surface area contributed by atoms with Crippen molar-refractivity contribution in [2.24, 2.45) is 5.90 Å². The van der Waals surface area contributed by atoms with E-state index in [9.17, 15) is 17.6 Å². The fraction of sp³-hybridized carbons (Fsp3) is 0.333. The molecule has 0 aromatic heterocycles. The van der Waals surface area contributed by atoms with Crippen LogP contribution >= 0.6 is 0 Å². The summed E-state index contributed by atoms with van der Waals surface area (Å²) in [5.41, 5.74) is 0.331. The molecule has 108 valence electrons. The van der Waals surface area contributed by atoms with Crippen molar-refractivity contribution in [1.29, 1.82) is 0 Å². The van der Waals surface area contributed by atoms with Gasteiger partial charge in [0.15, 0.2) is 6.10 Å². The molecule has 0 fully saturated rings. The third kappa shape index (κ3) is 6.32. The number of benzene rings is 1. The highest BCUT2D eigenvalue weighted by Crippen LogP contribution is 2.23. The Kier molecular flexibility index (Phi) is 7.97. The van der Waals surface area contributed by atoms with Crippen LogP contribution < -0.4 is 5.90 Å². The highest BCUT2D eigenvalue weighted by atomic mass is 19.4. The Morgan fingerprint density at radius 3 is 2.37 bits per heavy atom. The second kappa shape index (κ2) is 8.63. The molecule has 0 aliphatic rings. The van der Waals surface area contributed by atoms with Crippen LogP contribution in [0.1, 0.15) is 5.56 Å². The minimum Gasteiger partial charge on any atom is -0.364 e. The molecule has 0 aliphatic carbocycles. The highest BCUT2D eigenvalue weighted by Gasteiger charge is 2.38. The maximum absolute atomic E-state index is 13.1. The number of halogens is 4. The van der Waals surface area contributed by atoms with E-state index in [0.29, 0.717) is 11.6 Å². The summed E-state index contributed by atoms with van der Waals surface area (Å²) in [6, 6.07) is 5.90. The molecule has 1 aromatic rings. The Hall–Kier alpha value is -1.44. The van der Waals surface area contributed by atoms with Crippen LogP contribution in [0.5, 0.6) is 0 Å². The molecule has 0 saturated heterocycles. The molecule has 3 nitrogen and oxygen atoms in total. The van der Waals surface area contributed by atoms with Gasteiger partial charge in [0.05, 0.1) is 6.61 Å². The van der Waals surface area contributed by atoms with Gasteiger partial charge in [0.1, 0.15) is 5.82 Å². The van der Waals surface area contributed by atoms with E-state index < -0.39 is 18.1 Å². The lowest BCUT2D eigenvalue weighted by atomic mass is 10.1. The zero-order valence-electron chi connectivity index (χ0n) is 10.0. The molecule has 1 aromatic carbocycles. The largest absolute Gasteiger partial charge is 0.418 e. The van der Waals surface area contributed by atoms with Crippen LogP contribution in [-0.2, 0) is 11.2 Å². The smallest absolute Gasteiger partial charge is 0.364 e. The van der Waals surface area contributed by atoms with Crippen molar-refractivity contribution < 1.29 is 27.5 Å². The van der Waals surface area contributed by atoms with Gasteiger partial charge in [-0.15, -0.1) is 6.58 Å². The van der Waals surface area contributed by atoms with E-state index in [4.69, 9.17) is 5.21 Å². The van der Waals surface area contributed by atoms with Crippen molar-refractivity contribution in [3.63, 3.8) is 0 Å². The van der Waals surface area contributed by atoms with Gasteiger partial charge in [-0.25, -0.2) is 10.3 Å². The van der Waals surface area contributed by atoms with Crippen molar-refractivity contribution in [2.75, 3.05) is 6.61 Å². The fourth-order valence-corrected chi connectivity index (χ4v) is 1.29. The number of rotatable bonds is 5. The Labute approximate surface area is 108 Å². The summed E-state index contributed by atoms with van der Waals surface area (Å²) in [6.07, 6.45) is -5.71. The maximum atomic E-state index is 13.1. The van der Waals surface area contributed by atoms with E-state index in [0.717, 1.165) is 0 Å². The monoisotopic (exact) mass is 281 g/mol. The van der Waals surface area contributed by atoms with Crippen LogP contribution in [-0.4, -0.2) is 24.1 Å². The summed E-state index contributed by atoms with van der Waals surface area (Å²) in [6.45, 7) is 2.84. The molecule has 1 rings (SSSR count). The second-order valence-corrected chi connectivity index (χ2v) is 3.41. The Balaban J connectivity index is 0.00000154. The van der Waals surface area contributed by atoms with Gasteiger partial charge < -0.3 is 9.94 Å². The molecule has 0 spiro atoms. The summed E-state index contributed by atoms with van der Waals surface area (Å²) in [5.74, 6) is 3.05. The lowest BCUT2D eigenvalue weighted by Crippen LogP contribution is -2.30.